The summed E-state index contributed by atoms with van der Waals surface area (Å²) >= 11 is 2.85. The first-order chi connectivity index (χ1) is 15.5. The van der Waals surface area contributed by atoms with Gasteiger partial charge in [-0.3, -0.25) is 4.79 Å². The molecule has 7 heteroatoms. The fourth-order valence-electron chi connectivity index (χ4n) is 3.21. The predicted octanol–water partition coefficient (Wildman–Crippen LogP) is 6.47. The molecule has 1 amide bonds. The number of pyridine rings is 1. The lowest BCUT2D eigenvalue weighted by atomic mass is 10.1. The summed E-state index contributed by atoms with van der Waals surface area (Å²) in [6.07, 6.45) is 0.314. The Kier molecular flexibility index (Phi) is 6.84. The van der Waals surface area contributed by atoms with Crippen molar-refractivity contribution in [2.75, 3.05) is 11.1 Å². The van der Waals surface area contributed by atoms with Crippen LogP contribution in [0.3, 0.4) is 0 Å². The number of fused-ring (bicyclic) bond motifs is 1. The molecule has 0 fully saturated rings. The number of thiazole rings is 1. The summed E-state index contributed by atoms with van der Waals surface area (Å²) in [6.45, 7) is 4.13. The van der Waals surface area contributed by atoms with Crippen molar-refractivity contribution in [3.63, 3.8) is 0 Å². The molecule has 0 bridgehead atoms. The first kappa shape index (κ1) is 22.0. The smallest absolute Gasteiger partial charge is 0.226 e. The monoisotopic (exact) mass is 458 g/mol. The Bertz CT molecular complexity index is 1310. The molecule has 5 nitrogen and oxygen atoms in total. The number of nitrogens with one attached hydrogen (secondary N) is 1. The van der Waals surface area contributed by atoms with Crippen molar-refractivity contribution in [2.24, 2.45) is 0 Å². The first-order valence-electron chi connectivity index (χ1n) is 10.3. The van der Waals surface area contributed by atoms with E-state index in [2.05, 4.69) is 59.5 Å². The normalized spacial score (nSPS) is 10.9. The zero-order chi connectivity index (χ0) is 22.5. The molecule has 2 aromatic carbocycles. The average Bonchev–Trinajstić information content (AvgIpc) is 3.27. The lowest BCUT2D eigenvalue weighted by Crippen LogP contribution is -2.12. The molecule has 0 aliphatic carbocycles. The van der Waals surface area contributed by atoms with Crippen LogP contribution in [0.2, 0.25) is 0 Å². The highest BCUT2D eigenvalue weighted by Gasteiger charge is 2.12. The third-order valence-corrected chi connectivity index (χ3v) is 6.71. The van der Waals surface area contributed by atoms with Crippen LogP contribution in [0, 0.1) is 11.3 Å². The first-order valence-corrected chi connectivity index (χ1v) is 12.2. The van der Waals surface area contributed by atoms with E-state index in [0.717, 1.165) is 22.3 Å². The predicted molar refractivity (Wildman–Crippen MR) is 132 cm³/mol. The van der Waals surface area contributed by atoms with Gasteiger partial charge in [0.05, 0.1) is 11.3 Å². The van der Waals surface area contributed by atoms with Crippen LogP contribution in [0.4, 0.5) is 5.13 Å². The van der Waals surface area contributed by atoms with E-state index in [-0.39, 0.29) is 11.8 Å². The number of nitrogens with zero attached hydrogens (tertiary/aromatic N) is 3. The molecule has 0 aliphatic rings. The fraction of sp³-hybridized carbons (Fsp3) is 0.200. The second-order valence-corrected chi connectivity index (χ2v) is 9.54. The molecule has 1 N–H and O–H groups in total. The summed E-state index contributed by atoms with van der Waals surface area (Å²) < 4.78 is 0. The van der Waals surface area contributed by atoms with Crippen molar-refractivity contribution in [1.29, 1.82) is 5.26 Å². The van der Waals surface area contributed by atoms with E-state index in [4.69, 9.17) is 0 Å². The third kappa shape index (κ3) is 5.16. The van der Waals surface area contributed by atoms with Gasteiger partial charge in [0.25, 0.3) is 0 Å². The Hall–Kier alpha value is -3.21. The van der Waals surface area contributed by atoms with Crippen LogP contribution in [0.15, 0.2) is 65.0 Å². The number of benzene rings is 2. The zero-order valence-corrected chi connectivity index (χ0v) is 19.5. The molecular weight excluding hydrogens is 436 g/mol. The molecule has 160 valence electrons. The molecular formula is C25H22N4OS2. The Balaban J connectivity index is 1.36. The molecule has 0 unspecified atom stereocenters. The fourth-order valence-corrected chi connectivity index (χ4v) is 4.86. The van der Waals surface area contributed by atoms with Gasteiger partial charge in [-0.15, -0.1) is 23.1 Å². The SMILES string of the molecule is CC(C)c1ccc(C#N)c(SCCC(=O)Nc2nc(-c3ccc4ccccc4c3)cs2)n1. The van der Waals surface area contributed by atoms with Crippen molar-refractivity contribution >= 4 is 44.9 Å². The van der Waals surface area contributed by atoms with E-state index in [1.54, 1.807) is 6.07 Å². The number of hydrogen-bond acceptors (Lipinski definition) is 6. The van der Waals surface area contributed by atoms with Gasteiger partial charge in [0, 0.05) is 28.8 Å². The molecule has 32 heavy (non-hydrogen) atoms. The van der Waals surface area contributed by atoms with Crippen LogP contribution >= 0.6 is 23.1 Å². The van der Waals surface area contributed by atoms with Gasteiger partial charge in [-0.05, 0) is 34.9 Å². The maximum Gasteiger partial charge on any atom is 0.226 e. The Morgan fingerprint density at radius 3 is 2.72 bits per heavy atom. The lowest BCUT2D eigenvalue weighted by Gasteiger charge is -2.08. The quantitative estimate of drug-likeness (QED) is 0.321. The van der Waals surface area contributed by atoms with Gasteiger partial charge in [-0.25, -0.2) is 9.97 Å². The van der Waals surface area contributed by atoms with Crippen molar-refractivity contribution in [2.45, 2.75) is 31.2 Å². The third-order valence-electron chi connectivity index (χ3n) is 4.96. The van der Waals surface area contributed by atoms with E-state index in [0.29, 0.717) is 27.9 Å². The molecule has 0 saturated heterocycles. The largest absolute Gasteiger partial charge is 0.302 e. The van der Waals surface area contributed by atoms with E-state index in [9.17, 15) is 10.1 Å². The van der Waals surface area contributed by atoms with Crippen LogP contribution in [0.1, 0.15) is 37.4 Å². The number of aromatic nitrogens is 2. The zero-order valence-electron chi connectivity index (χ0n) is 17.8. The maximum absolute atomic E-state index is 12.4. The molecule has 4 aromatic rings. The van der Waals surface area contributed by atoms with Crippen LogP contribution in [0.25, 0.3) is 22.0 Å². The van der Waals surface area contributed by atoms with Crippen molar-refractivity contribution in [3.05, 3.63) is 71.2 Å². The van der Waals surface area contributed by atoms with Crippen molar-refractivity contribution in [1.82, 2.24) is 9.97 Å². The minimum atomic E-state index is -0.101. The van der Waals surface area contributed by atoms with E-state index < -0.39 is 0 Å². The number of thioether (sulfide) groups is 1. The number of nitriles is 1. The molecule has 0 radical (unpaired) electrons. The number of anilines is 1. The van der Waals surface area contributed by atoms with Crippen molar-refractivity contribution < 1.29 is 4.79 Å². The summed E-state index contributed by atoms with van der Waals surface area (Å²) in [4.78, 5) is 21.6. The number of amides is 1. The lowest BCUT2D eigenvalue weighted by molar-refractivity contribution is -0.115. The second kappa shape index (κ2) is 9.94. The van der Waals surface area contributed by atoms with Gasteiger partial charge in [0.1, 0.15) is 11.1 Å². The Morgan fingerprint density at radius 1 is 1.12 bits per heavy atom. The Labute approximate surface area is 195 Å². The van der Waals surface area contributed by atoms with E-state index in [1.807, 2.05) is 29.6 Å². The summed E-state index contributed by atoms with van der Waals surface area (Å²) in [5.41, 5.74) is 3.36. The second-order valence-electron chi connectivity index (χ2n) is 7.60. The average molecular weight is 459 g/mol. The molecule has 2 aromatic heterocycles. The minimum Gasteiger partial charge on any atom is -0.302 e. The maximum atomic E-state index is 12.4. The highest BCUT2D eigenvalue weighted by molar-refractivity contribution is 7.99. The number of carbonyl (C=O) groups is 1. The van der Waals surface area contributed by atoms with Crippen LogP contribution in [-0.4, -0.2) is 21.6 Å². The Morgan fingerprint density at radius 2 is 1.94 bits per heavy atom. The van der Waals surface area contributed by atoms with Gasteiger partial charge >= 0.3 is 0 Å². The van der Waals surface area contributed by atoms with Crippen LogP contribution in [0.5, 0.6) is 0 Å². The number of rotatable bonds is 7. The van der Waals surface area contributed by atoms with E-state index in [1.165, 1.54) is 28.5 Å². The summed E-state index contributed by atoms with van der Waals surface area (Å²) in [6, 6.07) is 20.3. The van der Waals surface area contributed by atoms with Crippen LogP contribution < -0.4 is 5.32 Å². The van der Waals surface area contributed by atoms with Gasteiger partial charge in [-0.1, -0.05) is 50.2 Å². The standard InChI is InChI=1S/C25H22N4OS2/c1-16(2)21-10-9-20(14-26)24(27-21)31-12-11-23(30)29-25-28-22(15-32-25)19-8-7-17-5-3-4-6-18(17)13-19/h3-10,13,15-16H,11-12H2,1-2H3,(H,28,29,30). The van der Waals surface area contributed by atoms with Gasteiger partial charge in [0.15, 0.2) is 5.13 Å². The molecule has 0 atom stereocenters. The highest BCUT2D eigenvalue weighted by Crippen LogP contribution is 2.28. The number of hydrogen-bond donors (Lipinski definition) is 1. The summed E-state index contributed by atoms with van der Waals surface area (Å²) in [5, 5.41) is 17.8. The van der Waals surface area contributed by atoms with Crippen molar-refractivity contribution in [3.8, 4) is 17.3 Å². The molecule has 0 saturated carbocycles. The topological polar surface area (TPSA) is 78.7 Å². The molecule has 4 rings (SSSR count). The molecule has 0 aliphatic heterocycles. The number of carbonyl (C=O) groups excluding carboxylic acids is 1. The van der Waals surface area contributed by atoms with Crippen LogP contribution in [-0.2, 0) is 4.79 Å². The van der Waals surface area contributed by atoms with E-state index >= 15 is 0 Å². The van der Waals surface area contributed by atoms with Gasteiger partial charge in [0.2, 0.25) is 5.91 Å². The molecule has 0 spiro atoms. The van der Waals surface area contributed by atoms with Gasteiger partial charge < -0.3 is 5.32 Å². The summed E-state index contributed by atoms with van der Waals surface area (Å²) in [5.74, 6) is 0.723. The summed E-state index contributed by atoms with van der Waals surface area (Å²) in [7, 11) is 0. The minimum absolute atomic E-state index is 0.101. The highest BCUT2D eigenvalue weighted by atomic mass is 32.2. The molecule has 2 heterocycles. The van der Waals surface area contributed by atoms with Gasteiger partial charge in [-0.2, -0.15) is 5.26 Å².